The van der Waals surface area contributed by atoms with Crippen molar-refractivity contribution >= 4 is 5.91 Å². The van der Waals surface area contributed by atoms with E-state index in [2.05, 4.69) is 17.6 Å². The van der Waals surface area contributed by atoms with Crippen LogP contribution in [0.5, 0.6) is 0 Å². The Kier molecular flexibility index (Phi) is 8.64. The number of nitrogens with one attached hydrogen (secondary N) is 2. The summed E-state index contributed by atoms with van der Waals surface area (Å²) in [6.45, 7) is 8.87. The van der Waals surface area contributed by atoms with Crippen LogP contribution in [0.2, 0.25) is 0 Å². The first kappa shape index (κ1) is 13.4. The fraction of sp³-hybridized carbons (Fsp3) is 0.909. The third-order valence-corrected chi connectivity index (χ3v) is 2.26. The number of piperidine rings is 1. The summed E-state index contributed by atoms with van der Waals surface area (Å²) in [5.74, 6) is 0.510. The molecule has 0 spiro atoms. The predicted molar refractivity (Wildman–Crippen MR) is 60.2 cm³/mol. The van der Waals surface area contributed by atoms with Crippen molar-refractivity contribution in [2.45, 2.75) is 40.0 Å². The molecule has 1 aliphatic rings. The first-order valence-corrected chi connectivity index (χ1v) is 5.83. The monoisotopic (exact) mass is 200 g/mol. The molecule has 0 radical (unpaired) electrons. The van der Waals surface area contributed by atoms with Gasteiger partial charge in [-0.3, -0.25) is 4.79 Å². The predicted octanol–water partition coefficient (Wildman–Crippen LogP) is 1.54. The maximum Gasteiger partial charge on any atom is 0.223 e. The van der Waals surface area contributed by atoms with Gasteiger partial charge in [0.25, 0.3) is 0 Å². The number of carbonyl (C=O) groups excluding carboxylic acids is 1. The van der Waals surface area contributed by atoms with Crippen molar-refractivity contribution in [2.24, 2.45) is 5.92 Å². The highest BCUT2D eigenvalue weighted by atomic mass is 16.1. The molecule has 1 fully saturated rings. The molecular weight excluding hydrogens is 176 g/mol. The number of amides is 1. The molecule has 84 valence electrons. The summed E-state index contributed by atoms with van der Waals surface area (Å²) in [6, 6.07) is 0. The van der Waals surface area contributed by atoms with E-state index in [0.29, 0.717) is 0 Å². The normalized spacial score (nSPS) is 16.8. The molecule has 2 N–H and O–H groups in total. The number of hydrogen-bond donors (Lipinski definition) is 2. The Labute approximate surface area is 87.6 Å². The standard InChI is InChI=1S/C9H18N2O.C2H6/c1-2-5-11-9(12)8-3-6-10-7-4-8;1-2/h8,10H,2-7H2,1H3,(H,11,12);1-2H3. The summed E-state index contributed by atoms with van der Waals surface area (Å²) in [5, 5.41) is 6.18. The molecule has 0 bridgehead atoms. The Morgan fingerprint density at radius 3 is 2.43 bits per heavy atom. The molecule has 0 aromatic heterocycles. The molecular formula is C11H24N2O. The van der Waals surface area contributed by atoms with E-state index in [-0.39, 0.29) is 11.8 Å². The third-order valence-electron chi connectivity index (χ3n) is 2.26. The van der Waals surface area contributed by atoms with Gasteiger partial charge < -0.3 is 10.6 Å². The zero-order valence-corrected chi connectivity index (χ0v) is 9.73. The van der Waals surface area contributed by atoms with Crippen LogP contribution in [0.25, 0.3) is 0 Å². The van der Waals surface area contributed by atoms with Crippen LogP contribution in [0.1, 0.15) is 40.0 Å². The van der Waals surface area contributed by atoms with Crippen molar-refractivity contribution in [3.63, 3.8) is 0 Å². The summed E-state index contributed by atoms with van der Waals surface area (Å²) >= 11 is 0. The van der Waals surface area contributed by atoms with E-state index >= 15 is 0 Å². The number of rotatable bonds is 3. The highest BCUT2D eigenvalue weighted by molar-refractivity contribution is 5.78. The second-order valence-electron chi connectivity index (χ2n) is 3.32. The van der Waals surface area contributed by atoms with E-state index < -0.39 is 0 Å². The van der Waals surface area contributed by atoms with E-state index in [1.807, 2.05) is 13.8 Å². The molecule has 0 saturated carbocycles. The maximum absolute atomic E-state index is 11.4. The minimum atomic E-state index is 0.248. The molecule has 14 heavy (non-hydrogen) atoms. The Morgan fingerprint density at radius 1 is 1.36 bits per heavy atom. The van der Waals surface area contributed by atoms with Crippen LogP contribution in [-0.4, -0.2) is 25.5 Å². The highest BCUT2D eigenvalue weighted by Crippen LogP contribution is 2.10. The maximum atomic E-state index is 11.4. The van der Waals surface area contributed by atoms with E-state index in [4.69, 9.17) is 0 Å². The van der Waals surface area contributed by atoms with Gasteiger partial charge in [0.2, 0.25) is 5.91 Å². The van der Waals surface area contributed by atoms with Gasteiger partial charge in [0, 0.05) is 12.5 Å². The fourth-order valence-electron chi connectivity index (χ4n) is 1.48. The van der Waals surface area contributed by atoms with Gasteiger partial charge in [-0.05, 0) is 32.4 Å². The van der Waals surface area contributed by atoms with Crippen LogP contribution in [-0.2, 0) is 4.79 Å². The van der Waals surface area contributed by atoms with Gasteiger partial charge in [-0.15, -0.1) is 0 Å². The van der Waals surface area contributed by atoms with Crippen molar-refractivity contribution in [2.75, 3.05) is 19.6 Å². The van der Waals surface area contributed by atoms with Crippen molar-refractivity contribution < 1.29 is 4.79 Å². The Morgan fingerprint density at radius 2 is 1.93 bits per heavy atom. The molecule has 0 unspecified atom stereocenters. The van der Waals surface area contributed by atoms with Crippen LogP contribution in [0.3, 0.4) is 0 Å². The van der Waals surface area contributed by atoms with Crippen LogP contribution in [0, 0.1) is 5.92 Å². The topological polar surface area (TPSA) is 41.1 Å². The van der Waals surface area contributed by atoms with E-state index in [9.17, 15) is 4.79 Å². The molecule has 1 saturated heterocycles. The van der Waals surface area contributed by atoms with E-state index in [0.717, 1.165) is 38.9 Å². The average Bonchev–Trinajstić information content (AvgIpc) is 2.30. The van der Waals surface area contributed by atoms with Gasteiger partial charge in [0.05, 0.1) is 0 Å². The van der Waals surface area contributed by atoms with Gasteiger partial charge in [-0.2, -0.15) is 0 Å². The first-order chi connectivity index (χ1) is 6.84. The molecule has 1 heterocycles. The van der Waals surface area contributed by atoms with E-state index in [1.54, 1.807) is 0 Å². The summed E-state index contributed by atoms with van der Waals surface area (Å²) in [6.07, 6.45) is 3.02. The second kappa shape index (κ2) is 9.00. The molecule has 1 aliphatic heterocycles. The third kappa shape index (κ3) is 5.22. The van der Waals surface area contributed by atoms with Crippen LogP contribution < -0.4 is 10.6 Å². The first-order valence-electron chi connectivity index (χ1n) is 5.83. The minimum absolute atomic E-state index is 0.248. The van der Waals surface area contributed by atoms with Gasteiger partial charge in [-0.1, -0.05) is 20.8 Å². The molecule has 3 nitrogen and oxygen atoms in total. The van der Waals surface area contributed by atoms with Crippen molar-refractivity contribution in [3.05, 3.63) is 0 Å². The van der Waals surface area contributed by atoms with Crippen molar-refractivity contribution in [3.8, 4) is 0 Å². The highest BCUT2D eigenvalue weighted by Gasteiger charge is 2.19. The smallest absolute Gasteiger partial charge is 0.223 e. The summed E-state index contributed by atoms with van der Waals surface area (Å²) in [4.78, 5) is 11.4. The second-order valence-corrected chi connectivity index (χ2v) is 3.32. The molecule has 0 aromatic carbocycles. The lowest BCUT2D eigenvalue weighted by Crippen LogP contribution is -2.38. The van der Waals surface area contributed by atoms with E-state index in [1.165, 1.54) is 0 Å². The lowest BCUT2D eigenvalue weighted by Gasteiger charge is -2.21. The Balaban J connectivity index is 0.000000791. The fourth-order valence-corrected chi connectivity index (χ4v) is 1.48. The summed E-state index contributed by atoms with van der Waals surface area (Å²) < 4.78 is 0. The van der Waals surface area contributed by atoms with Crippen LogP contribution in [0.15, 0.2) is 0 Å². The zero-order valence-electron chi connectivity index (χ0n) is 9.73. The molecule has 0 atom stereocenters. The van der Waals surface area contributed by atoms with Crippen LogP contribution >= 0.6 is 0 Å². The molecule has 0 aromatic rings. The quantitative estimate of drug-likeness (QED) is 0.725. The van der Waals surface area contributed by atoms with Gasteiger partial charge >= 0.3 is 0 Å². The zero-order chi connectivity index (χ0) is 10.8. The minimum Gasteiger partial charge on any atom is -0.356 e. The molecule has 1 rings (SSSR count). The molecule has 3 heteroatoms. The summed E-state index contributed by atoms with van der Waals surface area (Å²) in [7, 11) is 0. The number of hydrogen-bond acceptors (Lipinski definition) is 2. The Hall–Kier alpha value is -0.570. The summed E-state index contributed by atoms with van der Waals surface area (Å²) in [5.41, 5.74) is 0. The van der Waals surface area contributed by atoms with Crippen molar-refractivity contribution in [1.82, 2.24) is 10.6 Å². The van der Waals surface area contributed by atoms with Crippen molar-refractivity contribution in [1.29, 1.82) is 0 Å². The molecule has 0 aliphatic carbocycles. The molecule has 1 amide bonds. The number of carbonyl (C=O) groups is 1. The van der Waals surface area contributed by atoms with Gasteiger partial charge in [0.1, 0.15) is 0 Å². The SMILES string of the molecule is CC.CCCNC(=O)C1CCNCC1. The van der Waals surface area contributed by atoms with Gasteiger partial charge in [0.15, 0.2) is 0 Å². The lowest BCUT2D eigenvalue weighted by atomic mass is 9.97. The average molecular weight is 200 g/mol. The lowest BCUT2D eigenvalue weighted by molar-refractivity contribution is -0.125. The Bertz CT molecular complexity index is 142. The largest absolute Gasteiger partial charge is 0.356 e. The van der Waals surface area contributed by atoms with Gasteiger partial charge in [-0.25, -0.2) is 0 Å². The van der Waals surface area contributed by atoms with Crippen LogP contribution in [0.4, 0.5) is 0 Å².